The van der Waals surface area contributed by atoms with Crippen LogP contribution in [-0.4, -0.2) is 32.0 Å². The normalized spacial score (nSPS) is 23.4. The number of aliphatic hydroxyl groups is 1. The molecule has 0 spiro atoms. The third-order valence-electron chi connectivity index (χ3n) is 10.9. The molecule has 1 N–H and O–H groups in total. The zero-order chi connectivity index (χ0) is 30.4. The van der Waals surface area contributed by atoms with Crippen LogP contribution in [-0.2, 0) is 28.7 Å². The van der Waals surface area contributed by atoms with E-state index in [1.54, 1.807) is 29.4 Å². The largest absolute Gasteiger partial charge is 0.396 e. The molecule has 0 aromatic heterocycles. The molecule has 240 valence electrons. The first-order valence-electron chi connectivity index (χ1n) is 18.1. The van der Waals surface area contributed by atoms with E-state index >= 15 is 0 Å². The topological polar surface area (TPSA) is 38.7 Å². The molecular weight excluding hydrogens is 528 g/mol. The molecule has 2 aromatic rings. The van der Waals surface area contributed by atoms with Crippen molar-refractivity contribution in [3.8, 4) is 0 Å². The van der Waals surface area contributed by atoms with Crippen LogP contribution in [0.3, 0.4) is 0 Å². The van der Waals surface area contributed by atoms with Crippen LogP contribution in [0.25, 0.3) is 0 Å². The van der Waals surface area contributed by atoms with Gasteiger partial charge in [-0.1, -0.05) is 70.0 Å². The molecule has 0 saturated heterocycles. The summed E-state index contributed by atoms with van der Waals surface area (Å²) in [5, 5.41) is 9.41. The van der Waals surface area contributed by atoms with Crippen LogP contribution in [0.15, 0.2) is 36.4 Å². The number of ether oxygens (including phenoxy) is 2. The van der Waals surface area contributed by atoms with E-state index in [1.165, 1.54) is 94.6 Å². The van der Waals surface area contributed by atoms with Gasteiger partial charge in [0.25, 0.3) is 0 Å². The zero-order valence-corrected chi connectivity index (χ0v) is 28.0. The van der Waals surface area contributed by atoms with Gasteiger partial charge in [-0.05, 0) is 147 Å². The van der Waals surface area contributed by atoms with E-state index in [0.717, 1.165) is 37.0 Å². The lowest BCUT2D eigenvalue weighted by Gasteiger charge is -2.39. The van der Waals surface area contributed by atoms with Crippen molar-refractivity contribution in [1.29, 1.82) is 0 Å². The van der Waals surface area contributed by atoms with E-state index in [1.807, 2.05) is 0 Å². The van der Waals surface area contributed by atoms with Crippen molar-refractivity contribution in [2.45, 2.75) is 141 Å². The summed E-state index contributed by atoms with van der Waals surface area (Å²) in [6, 6.07) is 14.6. The van der Waals surface area contributed by atoms with Gasteiger partial charge in [-0.25, -0.2) is 0 Å². The van der Waals surface area contributed by atoms with Crippen molar-refractivity contribution in [1.82, 2.24) is 0 Å². The van der Waals surface area contributed by atoms with E-state index in [-0.39, 0.29) is 12.7 Å². The fourth-order valence-electron chi connectivity index (χ4n) is 8.33. The molecule has 0 amide bonds. The van der Waals surface area contributed by atoms with Crippen molar-refractivity contribution in [2.24, 2.45) is 11.8 Å². The number of rotatable bonds is 17. The highest BCUT2D eigenvalue weighted by Crippen LogP contribution is 2.47. The van der Waals surface area contributed by atoms with Gasteiger partial charge in [0.2, 0.25) is 0 Å². The number of unbranched alkanes of at least 4 members (excludes halogenated alkanes) is 2. The Hall–Kier alpha value is -1.68. The summed E-state index contributed by atoms with van der Waals surface area (Å²) in [4.78, 5) is 0. The minimum absolute atomic E-state index is 0.0321. The summed E-state index contributed by atoms with van der Waals surface area (Å²) in [7, 11) is 1.71. The molecule has 43 heavy (non-hydrogen) atoms. The highest BCUT2D eigenvalue weighted by Gasteiger charge is 2.32. The fourth-order valence-corrected chi connectivity index (χ4v) is 8.33. The molecule has 2 saturated carbocycles. The average molecular weight is 591 g/mol. The lowest BCUT2D eigenvalue weighted by molar-refractivity contribution is 0.00912. The van der Waals surface area contributed by atoms with Gasteiger partial charge < -0.3 is 14.6 Å². The molecule has 2 aromatic carbocycles. The summed E-state index contributed by atoms with van der Waals surface area (Å²) < 4.78 is 11.4. The third-order valence-corrected chi connectivity index (χ3v) is 10.9. The van der Waals surface area contributed by atoms with Crippen LogP contribution in [0.1, 0.15) is 156 Å². The third kappa shape index (κ3) is 9.65. The molecule has 0 radical (unpaired) electrons. The Morgan fingerprint density at radius 3 is 1.88 bits per heavy atom. The molecule has 3 nitrogen and oxygen atoms in total. The van der Waals surface area contributed by atoms with Crippen LogP contribution >= 0.6 is 0 Å². The highest BCUT2D eigenvalue weighted by atomic mass is 16.5. The Kier molecular flexibility index (Phi) is 14.6. The summed E-state index contributed by atoms with van der Waals surface area (Å²) in [6.45, 7) is 8.34. The van der Waals surface area contributed by atoms with Gasteiger partial charge >= 0.3 is 0 Å². The van der Waals surface area contributed by atoms with Crippen LogP contribution < -0.4 is 0 Å². The van der Waals surface area contributed by atoms with Crippen molar-refractivity contribution in [2.75, 3.05) is 26.9 Å². The Morgan fingerprint density at radius 2 is 1.33 bits per heavy atom. The first kappa shape index (κ1) is 34.2. The number of aliphatic hydroxyl groups excluding tert-OH is 1. The van der Waals surface area contributed by atoms with Crippen LogP contribution in [0.5, 0.6) is 0 Å². The number of hydrogen-bond donors (Lipinski definition) is 1. The van der Waals surface area contributed by atoms with Crippen molar-refractivity contribution in [3.63, 3.8) is 0 Å². The van der Waals surface area contributed by atoms with E-state index in [0.29, 0.717) is 19.1 Å². The van der Waals surface area contributed by atoms with Crippen molar-refractivity contribution >= 4 is 0 Å². The van der Waals surface area contributed by atoms with Crippen molar-refractivity contribution < 1.29 is 14.6 Å². The second-order valence-corrected chi connectivity index (χ2v) is 13.6. The molecule has 0 heterocycles. The molecule has 2 aliphatic rings. The summed E-state index contributed by atoms with van der Waals surface area (Å²) >= 11 is 0. The lowest BCUT2D eigenvalue weighted by atomic mass is 9.67. The van der Waals surface area contributed by atoms with Crippen molar-refractivity contribution in [3.05, 3.63) is 69.8 Å². The van der Waals surface area contributed by atoms with E-state index in [4.69, 9.17) is 9.47 Å². The maximum atomic E-state index is 9.41. The number of methoxy groups -OCH3 is 1. The Balaban J connectivity index is 1.30. The van der Waals surface area contributed by atoms with Gasteiger partial charge in [-0.15, -0.1) is 0 Å². The van der Waals surface area contributed by atoms with Crippen LogP contribution in [0, 0.1) is 11.8 Å². The monoisotopic (exact) mass is 590 g/mol. The summed E-state index contributed by atoms with van der Waals surface area (Å²) in [6.07, 6.45) is 20.2. The standard InChI is InChI=1S/C40H62O3/c1-5-8-9-11-30-13-23-38(31(6-2)28-30)35-18-14-33(15-19-35)34-16-20-36(21-17-34)39-24-22-37(29-32(39)7-3)40(12-10-25-41)43-27-26-42-4/h13,22-24,28-29,33-36,40-41H,5-12,14-21,25-27H2,1-4H3. The Bertz CT molecular complexity index is 1060. The quantitative estimate of drug-likeness (QED) is 0.186. The van der Waals surface area contributed by atoms with Crippen LogP contribution in [0.2, 0.25) is 0 Å². The second kappa shape index (κ2) is 18.3. The zero-order valence-electron chi connectivity index (χ0n) is 28.0. The van der Waals surface area contributed by atoms with Gasteiger partial charge in [0.1, 0.15) is 0 Å². The predicted molar refractivity (Wildman–Crippen MR) is 181 cm³/mol. The minimum Gasteiger partial charge on any atom is -0.396 e. The first-order chi connectivity index (χ1) is 21.1. The Labute approximate surface area is 264 Å². The minimum atomic E-state index is 0.0321. The molecule has 1 atom stereocenters. The number of hydrogen-bond acceptors (Lipinski definition) is 3. The number of aryl methyl sites for hydroxylation is 3. The predicted octanol–water partition coefficient (Wildman–Crippen LogP) is 10.3. The smallest absolute Gasteiger partial charge is 0.0827 e. The summed E-state index contributed by atoms with van der Waals surface area (Å²) in [5.41, 5.74) is 9.18. The summed E-state index contributed by atoms with van der Waals surface area (Å²) in [5.74, 6) is 3.33. The molecular formula is C40H62O3. The average Bonchev–Trinajstić information content (AvgIpc) is 3.06. The van der Waals surface area contributed by atoms with Gasteiger partial charge in [-0.3, -0.25) is 0 Å². The second-order valence-electron chi connectivity index (χ2n) is 13.6. The molecule has 0 aliphatic heterocycles. The SMILES string of the molecule is CCCCCc1ccc(C2CCC(C3CCC(c4ccc(C(CCCO)OCCOC)cc4CC)CC3)CC2)c(CC)c1. The van der Waals surface area contributed by atoms with Gasteiger partial charge in [0.15, 0.2) is 0 Å². The molecule has 2 aliphatic carbocycles. The maximum absolute atomic E-state index is 9.41. The molecule has 0 bridgehead atoms. The first-order valence-corrected chi connectivity index (χ1v) is 18.1. The molecule has 4 rings (SSSR count). The fraction of sp³-hybridized carbons (Fsp3) is 0.700. The van der Waals surface area contributed by atoms with E-state index < -0.39 is 0 Å². The van der Waals surface area contributed by atoms with Gasteiger partial charge in [-0.2, -0.15) is 0 Å². The maximum Gasteiger partial charge on any atom is 0.0827 e. The molecule has 1 unspecified atom stereocenters. The number of benzene rings is 2. The van der Waals surface area contributed by atoms with Crippen LogP contribution in [0.4, 0.5) is 0 Å². The van der Waals surface area contributed by atoms with Gasteiger partial charge in [0.05, 0.1) is 19.3 Å². The highest BCUT2D eigenvalue weighted by molar-refractivity contribution is 5.37. The Morgan fingerprint density at radius 1 is 0.721 bits per heavy atom. The van der Waals surface area contributed by atoms with E-state index in [9.17, 15) is 5.11 Å². The van der Waals surface area contributed by atoms with Gasteiger partial charge in [0, 0.05) is 13.7 Å². The lowest BCUT2D eigenvalue weighted by Crippen LogP contribution is -2.25. The molecule has 3 heteroatoms. The van der Waals surface area contributed by atoms with E-state index in [2.05, 4.69) is 57.2 Å². The molecule has 2 fully saturated rings.